The molecule has 0 aliphatic carbocycles. The van der Waals surface area contributed by atoms with Crippen LogP contribution >= 0.6 is 0 Å². The molecule has 0 aromatic heterocycles. The van der Waals surface area contributed by atoms with E-state index in [2.05, 4.69) is 0 Å². The van der Waals surface area contributed by atoms with Crippen molar-refractivity contribution in [2.24, 2.45) is 0 Å². The Morgan fingerprint density at radius 2 is 1.85 bits per heavy atom. The summed E-state index contributed by atoms with van der Waals surface area (Å²) in [6.07, 6.45) is 0.296. The van der Waals surface area contributed by atoms with Gasteiger partial charge >= 0.3 is 0 Å². The number of aromatic hydroxyl groups is 2. The molecule has 0 aliphatic heterocycles. The molecule has 0 amide bonds. The standard InChI is InChI=1S/C16H18O4/c1-20-16-5-3-2-4-11(16)6-9-14(18)13-8-7-12(17)10-15(13)19/h2-5,7-8,10,14,17-19H,6,9H2,1H3. The van der Waals surface area contributed by atoms with Crippen molar-refractivity contribution in [2.75, 3.05) is 7.11 Å². The van der Waals surface area contributed by atoms with Crippen LogP contribution in [0.3, 0.4) is 0 Å². The van der Waals surface area contributed by atoms with Gasteiger partial charge in [0.15, 0.2) is 0 Å². The number of aryl methyl sites for hydroxylation is 1. The zero-order chi connectivity index (χ0) is 14.5. The highest BCUT2D eigenvalue weighted by molar-refractivity contribution is 5.40. The number of para-hydroxylation sites is 1. The molecular weight excluding hydrogens is 256 g/mol. The molecule has 1 unspecified atom stereocenters. The first kappa shape index (κ1) is 14.2. The summed E-state index contributed by atoms with van der Waals surface area (Å²) in [5, 5.41) is 29.1. The number of aliphatic hydroxyl groups excluding tert-OH is 1. The summed E-state index contributed by atoms with van der Waals surface area (Å²) in [5.41, 5.74) is 1.42. The van der Waals surface area contributed by atoms with Crippen LogP contribution in [-0.4, -0.2) is 22.4 Å². The Morgan fingerprint density at radius 3 is 2.55 bits per heavy atom. The minimum Gasteiger partial charge on any atom is -0.508 e. The molecule has 0 saturated heterocycles. The van der Waals surface area contributed by atoms with Gasteiger partial charge in [0.1, 0.15) is 17.2 Å². The van der Waals surface area contributed by atoms with Crippen molar-refractivity contribution >= 4 is 0 Å². The number of phenolic OH excluding ortho intramolecular Hbond substituents is 2. The predicted octanol–water partition coefficient (Wildman–Crippen LogP) is 2.77. The highest BCUT2D eigenvalue weighted by atomic mass is 16.5. The Hall–Kier alpha value is -2.20. The molecule has 3 N–H and O–H groups in total. The third-order valence-corrected chi connectivity index (χ3v) is 3.25. The topological polar surface area (TPSA) is 69.9 Å². The monoisotopic (exact) mass is 274 g/mol. The number of methoxy groups -OCH3 is 1. The van der Waals surface area contributed by atoms with Crippen LogP contribution in [0.2, 0.25) is 0 Å². The maximum atomic E-state index is 10.1. The zero-order valence-corrected chi connectivity index (χ0v) is 11.3. The van der Waals surface area contributed by atoms with Crippen LogP contribution in [0.4, 0.5) is 0 Å². The number of hydrogen-bond donors (Lipinski definition) is 3. The van der Waals surface area contributed by atoms with Gasteiger partial charge in [0.05, 0.1) is 13.2 Å². The fourth-order valence-corrected chi connectivity index (χ4v) is 2.17. The lowest BCUT2D eigenvalue weighted by molar-refractivity contribution is 0.163. The van der Waals surface area contributed by atoms with E-state index in [0.717, 1.165) is 11.3 Å². The first-order valence-electron chi connectivity index (χ1n) is 6.43. The van der Waals surface area contributed by atoms with Crippen LogP contribution in [0.1, 0.15) is 23.7 Å². The van der Waals surface area contributed by atoms with Crippen LogP contribution in [0.5, 0.6) is 17.2 Å². The van der Waals surface area contributed by atoms with Crippen molar-refractivity contribution in [1.29, 1.82) is 0 Å². The number of benzene rings is 2. The first-order valence-corrected chi connectivity index (χ1v) is 6.43. The molecule has 1 atom stereocenters. The van der Waals surface area contributed by atoms with E-state index in [0.29, 0.717) is 18.4 Å². The van der Waals surface area contributed by atoms with Crippen molar-refractivity contribution in [3.63, 3.8) is 0 Å². The smallest absolute Gasteiger partial charge is 0.125 e. The molecular formula is C16H18O4. The molecule has 2 aromatic carbocycles. The maximum absolute atomic E-state index is 10.1. The number of aliphatic hydroxyl groups is 1. The Bertz CT molecular complexity index is 580. The normalized spacial score (nSPS) is 12.1. The lowest BCUT2D eigenvalue weighted by atomic mass is 10.00. The molecule has 4 heteroatoms. The second kappa shape index (κ2) is 6.30. The van der Waals surface area contributed by atoms with Gasteiger partial charge in [-0.05, 0) is 36.6 Å². The molecule has 20 heavy (non-hydrogen) atoms. The Morgan fingerprint density at radius 1 is 1.10 bits per heavy atom. The van der Waals surface area contributed by atoms with Crippen molar-refractivity contribution in [3.8, 4) is 17.2 Å². The quantitative estimate of drug-likeness (QED) is 0.784. The molecule has 0 saturated carbocycles. The van der Waals surface area contributed by atoms with Gasteiger partial charge in [0.2, 0.25) is 0 Å². The van der Waals surface area contributed by atoms with E-state index in [1.54, 1.807) is 7.11 Å². The number of phenols is 2. The SMILES string of the molecule is COc1ccccc1CCC(O)c1ccc(O)cc1O. The number of hydrogen-bond acceptors (Lipinski definition) is 4. The maximum Gasteiger partial charge on any atom is 0.125 e. The van der Waals surface area contributed by atoms with Gasteiger partial charge in [-0.3, -0.25) is 0 Å². The van der Waals surface area contributed by atoms with Gasteiger partial charge in [0.25, 0.3) is 0 Å². The van der Waals surface area contributed by atoms with Crippen molar-refractivity contribution in [3.05, 3.63) is 53.6 Å². The first-order chi connectivity index (χ1) is 9.61. The summed E-state index contributed by atoms with van der Waals surface area (Å²) in [7, 11) is 1.61. The molecule has 0 heterocycles. The number of rotatable bonds is 5. The van der Waals surface area contributed by atoms with E-state index in [1.165, 1.54) is 18.2 Å². The van der Waals surface area contributed by atoms with Gasteiger partial charge in [-0.15, -0.1) is 0 Å². The van der Waals surface area contributed by atoms with Crippen LogP contribution in [0, 0.1) is 0 Å². The lowest BCUT2D eigenvalue weighted by Gasteiger charge is -2.14. The Balaban J connectivity index is 2.06. The van der Waals surface area contributed by atoms with E-state index in [9.17, 15) is 15.3 Å². The van der Waals surface area contributed by atoms with Crippen LogP contribution in [0.15, 0.2) is 42.5 Å². The van der Waals surface area contributed by atoms with Crippen LogP contribution in [0.25, 0.3) is 0 Å². The molecule has 106 valence electrons. The molecule has 0 radical (unpaired) electrons. The molecule has 4 nitrogen and oxygen atoms in total. The molecule has 0 fully saturated rings. The van der Waals surface area contributed by atoms with Crippen LogP contribution < -0.4 is 4.74 Å². The van der Waals surface area contributed by atoms with E-state index < -0.39 is 6.10 Å². The average molecular weight is 274 g/mol. The highest BCUT2D eigenvalue weighted by Gasteiger charge is 2.14. The molecule has 0 bridgehead atoms. The fraction of sp³-hybridized carbons (Fsp3) is 0.250. The van der Waals surface area contributed by atoms with Crippen molar-refractivity contribution in [1.82, 2.24) is 0 Å². The highest BCUT2D eigenvalue weighted by Crippen LogP contribution is 2.31. The van der Waals surface area contributed by atoms with Crippen molar-refractivity contribution in [2.45, 2.75) is 18.9 Å². The van der Waals surface area contributed by atoms with E-state index in [-0.39, 0.29) is 11.5 Å². The predicted molar refractivity (Wildman–Crippen MR) is 76.0 cm³/mol. The second-order valence-electron chi connectivity index (χ2n) is 4.61. The van der Waals surface area contributed by atoms with E-state index in [1.807, 2.05) is 24.3 Å². The van der Waals surface area contributed by atoms with E-state index >= 15 is 0 Å². The van der Waals surface area contributed by atoms with Gasteiger partial charge in [0, 0.05) is 11.6 Å². The summed E-state index contributed by atoms with van der Waals surface area (Å²) >= 11 is 0. The summed E-state index contributed by atoms with van der Waals surface area (Å²) < 4.78 is 5.26. The molecule has 0 aliphatic rings. The van der Waals surface area contributed by atoms with Gasteiger partial charge in [-0.1, -0.05) is 18.2 Å². The van der Waals surface area contributed by atoms with E-state index in [4.69, 9.17) is 4.74 Å². The van der Waals surface area contributed by atoms with Crippen molar-refractivity contribution < 1.29 is 20.1 Å². The second-order valence-corrected chi connectivity index (χ2v) is 4.61. The third-order valence-electron chi connectivity index (χ3n) is 3.25. The summed E-state index contributed by atoms with van der Waals surface area (Å²) in [4.78, 5) is 0. The number of ether oxygens (including phenoxy) is 1. The average Bonchev–Trinajstić information content (AvgIpc) is 2.45. The minimum atomic E-state index is -0.791. The van der Waals surface area contributed by atoms with Crippen LogP contribution in [-0.2, 0) is 6.42 Å². The molecule has 2 rings (SSSR count). The third kappa shape index (κ3) is 3.22. The van der Waals surface area contributed by atoms with Gasteiger partial charge in [-0.2, -0.15) is 0 Å². The summed E-state index contributed by atoms with van der Waals surface area (Å²) in [6, 6.07) is 11.8. The fourth-order valence-electron chi connectivity index (χ4n) is 2.17. The summed E-state index contributed by atoms with van der Waals surface area (Å²) in [6.45, 7) is 0. The lowest BCUT2D eigenvalue weighted by Crippen LogP contribution is -2.01. The Labute approximate surface area is 117 Å². The zero-order valence-electron chi connectivity index (χ0n) is 11.3. The largest absolute Gasteiger partial charge is 0.508 e. The molecule has 2 aromatic rings. The Kier molecular flexibility index (Phi) is 4.48. The van der Waals surface area contributed by atoms with Gasteiger partial charge < -0.3 is 20.1 Å². The summed E-state index contributed by atoms with van der Waals surface area (Å²) in [5.74, 6) is 0.662. The minimum absolute atomic E-state index is 0.0248. The molecule has 0 spiro atoms. The van der Waals surface area contributed by atoms with Gasteiger partial charge in [-0.25, -0.2) is 0 Å².